The molecule has 1 unspecified atom stereocenters. The Morgan fingerprint density at radius 1 is 0.826 bits per heavy atom. The molecule has 2 nitrogen and oxygen atoms in total. The predicted octanol–water partition coefficient (Wildman–Crippen LogP) is 4.14. The molecule has 3 rings (SSSR count). The fraction of sp³-hybridized carbons (Fsp3) is 0.286. The van der Waals surface area contributed by atoms with Crippen LogP contribution >= 0.6 is 0 Å². The maximum atomic E-state index is 8.98. The maximum Gasteiger partial charge on any atom is 0.0991 e. The number of rotatable bonds is 2. The Morgan fingerprint density at radius 2 is 1.52 bits per heavy atom. The van der Waals surface area contributed by atoms with Crippen LogP contribution in [0.25, 0.3) is 0 Å². The number of benzene rings is 2. The number of hydrogen-bond donors (Lipinski definition) is 0. The lowest BCUT2D eigenvalue weighted by atomic mass is 10.0. The zero-order chi connectivity index (χ0) is 15.9. The van der Waals surface area contributed by atoms with E-state index >= 15 is 0 Å². The second-order valence-corrected chi connectivity index (χ2v) is 5.87. The Labute approximate surface area is 138 Å². The van der Waals surface area contributed by atoms with Crippen molar-refractivity contribution in [1.29, 1.82) is 5.26 Å². The van der Waals surface area contributed by atoms with Crippen molar-refractivity contribution in [2.75, 3.05) is 13.1 Å². The van der Waals surface area contributed by atoms with Crippen LogP contribution in [0.15, 0.2) is 54.6 Å². The minimum Gasteiger partial charge on any atom is -0.286 e. The van der Waals surface area contributed by atoms with Crippen LogP contribution in [0.4, 0.5) is 0 Å². The van der Waals surface area contributed by atoms with Crippen LogP contribution in [0.3, 0.4) is 0 Å². The highest BCUT2D eigenvalue weighted by molar-refractivity contribution is 5.39. The molecule has 1 atom stereocenters. The average molecular weight is 300 g/mol. The highest BCUT2D eigenvalue weighted by Gasteiger charge is 2.20. The molecule has 2 heteroatoms. The smallest absolute Gasteiger partial charge is 0.0991 e. The molecule has 1 fully saturated rings. The van der Waals surface area contributed by atoms with Crippen molar-refractivity contribution in [3.8, 4) is 17.9 Å². The summed E-state index contributed by atoms with van der Waals surface area (Å²) in [7, 11) is 0. The van der Waals surface area contributed by atoms with Crippen LogP contribution in [0.2, 0.25) is 0 Å². The van der Waals surface area contributed by atoms with E-state index in [1.165, 1.54) is 24.8 Å². The van der Waals surface area contributed by atoms with Crippen molar-refractivity contribution in [1.82, 2.24) is 4.90 Å². The van der Waals surface area contributed by atoms with E-state index in [-0.39, 0.29) is 6.04 Å². The molecule has 0 radical (unpaired) electrons. The molecule has 1 heterocycles. The average Bonchev–Trinajstić information content (AvgIpc) is 2.64. The zero-order valence-electron chi connectivity index (χ0n) is 13.2. The number of nitriles is 1. The molecular formula is C21H20N2. The summed E-state index contributed by atoms with van der Waals surface area (Å²) in [5.74, 6) is 6.76. The lowest BCUT2D eigenvalue weighted by molar-refractivity contribution is 0.197. The van der Waals surface area contributed by atoms with Gasteiger partial charge >= 0.3 is 0 Å². The standard InChI is InChI=1S/C21H20N2/c22-17-19-9-12-20(13-10-19)21(23-15-5-2-6-16-23)14-11-18-7-3-1-4-8-18/h1,3-4,7-10,12-13,21H,2,5-6,15-16H2. The minimum absolute atomic E-state index is 0.100. The first-order valence-corrected chi connectivity index (χ1v) is 8.17. The number of nitrogens with zero attached hydrogens (tertiary/aromatic N) is 2. The van der Waals surface area contributed by atoms with E-state index in [4.69, 9.17) is 5.26 Å². The van der Waals surface area contributed by atoms with Crippen LogP contribution in [0, 0.1) is 23.2 Å². The molecular weight excluding hydrogens is 280 g/mol. The Morgan fingerprint density at radius 3 is 2.17 bits per heavy atom. The van der Waals surface area contributed by atoms with Gasteiger partial charge in [-0.15, -0.1) is 0 Å². The van der Waals surface area contributed by atoms with Crippen molar-refractivity contribution in [3.05, 3.63) is 71.3 Å². The third-order valence-electron chi connectivity index (χ3n) is 4.24. The van der Waals surface area contributed by atoms with Crippen molar-refractivity contribution in [2.24, 2.45) is 0 Å². The highest BCUT2D eigenvalue weighted by Crippen LogP contribution is 2.24. The van der Waals surface area contributed by atoms with Gasteiger partial charge in [0.1, 0.15) is 0 Å². The fourth-order valence-corrected chi connectivity index (χ4v) is 2.98. The first-order chi connectivity index (χ1) is 11.4. The lowest BCUT2D eigenvalue weighted by Crippen LogP contribution is -2.33. The molecule has 0 amide bonds. The van der Waals surface area contributed by atoms with Gasteiger partial charge in [-0.05, 0) is 55.8 Å². The van der Waals surface area contributed by atoms with Crippen LogP contribution in [0.1, 0.15) is 42.0 Å². The van der Waals surface area contributed by atoms with Gasteiger partial charge in [0.15, 0.2) is 0 Å². The summed E-state index contributed by atoms with van der Waals surface area (Å²) in [4.78, 5) is 2.46. The minimum atomic E-state index is 0.100. The molecule has 0 saturated carbocycles. The van der Waals surface area contributed by atoms with Gasteiger partial charge in [0.25, 0.3) is 0 Å². The van der Waals surface area contributed by atoms with Crippen LogP contribution in [-0.2, 0) is 0 Å². The summed E-state index contributed by atoms with van der Waals surface area (Å²) >= 11 is 0. The van der Waals surface area contributed by atoms with Gasteiger partial charge in [0, 0.05) is 5.56 Å². The molecule has 2 aromatic rings. The van der Waals surface area contributed by atoms with E-state index < -0.39 is 0 Å². The summed E-state index contributed by atoms with van der Waals surface area (Å²) in [6, 6.07) is 20.3. The topological polar surface area (TPSA) is 27.0 Å². The molecule has 1 saturated heterocycles. The second-order valence-electron chi connectivity index (χ2n) is 5.87. The summed E-state index contributed by atoms with van der Waals surface area (Å²) in [6.07, 6.45) is 3.78. The summed E-state index contributed by atoms with van der Waals surface area (Å²) in [6.45, 7) is 2.18. The number of piperidine rings is 1. The van der Waals surface area contributed by atoms with E-state index in [1.807, 2.05) is 54.6 Å². The molecule has 0 spiro atoms. The molecule has 23 heavy (non-hydrogen) atoms. The molecule has 0 aliphatic carbocycles. The predicted molar refractivity (Wildman–Crippen MR) is 92.6 cm³/mol. The zero-order valence-corrected chi connectivity index (χ0v) is 13.2. The largest absolute Gasteiger partial charge is 0.286 e. The van der Waals surface area contributed by atoms with E-state index in [1.54, 1.807) is 0 Å². The lowest BCUT2D eigenvalue weighted by Gasteiger charge is -2.31. The molecule has 2 aromatic carbocycles. The third kappa shape index (κ3) is 4.01. The van der Waals surface area contributed by atoms with E-state index in [0.29, 0.717) is 5.56 Å². The van der Waals surface area contributed by atoms with E-state index in [2.05, 4.69) is 22.8 Å². The quantitative estimate of drug-likeness (QED) is 0.780. The monoisotopic (exact) mass is 300 g/mol. The number of hydrogen-bond acceptors (Lipinski definition) is 2. The van der Waals surface area contributed by atoms with Crippen molar-refractivity contribution in [3.63, 3.8) is 0 Å². The highest BCUT2D eigenvalue weighted by atomic mass is 15.2. The Balaban J connectivity index is 1.90. The maximum absolute atomic E-state index is 8.98. The van der Waals surface area contributed by atoms with Crippen molar-refractivity contribution in [2.45, 2.75) is 25.3 Å². The van der Waals surface area contributed by atoms with E-state index in [0.717, 1.165) is 18.7 Å². The normalized spacial score (nSPS) is 16.0. The van der Waals surface area contributed by atoms with Gasteiger partial charge in [0.05, 0.1) is 17.7 Å². The number of likely N-dealkylation sites (tertiary alicyclic amines) is 1. The molecule has 0 bridgehead atoms. The fourth-order valence-electron chi connectivity index (χ4n) is 2.98. The van der Waals surface area contributed by atoms with Gasteiger partial charge in [-0.1, -0.05) is 48.6 Å². The SMILES string of the molecule is N#Cc1ccc(C(C#Cc2ccccc2)N2CCCCC2)cc1. The van der Waals surface area contributed by atoms with Gasteiger partial charge in [0.2, 0.25) is 0 Å². The molecule has 1 aliphatic heterocycles. The van der Waals surface area contributed by atoms with Gasteiger partial charge in [-0.25, -0.2) is 0 Å². The molecule has 114 valence electrons. The van der Waals surface area contributed by atoms with Crippen LogP contribution < -0.4 is 0 Å². The Kier molecular flexibility index (Phi) is 5.09. The molecule has 0 aromatic heterocycles. The molecule has 1 aliphatic rings. The molecule has 0 N–H and O–H groups in total. The summed E-state index contributed by atoms with van der Waals surface area (Å²) in [5.41, 5.74) is 2.92. The van der Waals surface area contributed by atoms with Gasteiger partial charge in [-0.3, -0.25) is 4.90 Å². The van der Waals surface area contributed by atoms with Gasteiger partial charge in [-0.2, -0.15) is 5.26 Å². The van der Waals surface area contributed by atoms with Crippen LogP contribution in [-0.4, -0.2) is 18.0 Å². The summed E-state index contributed by atoms with van der Waals surface area (Å²) in [5, 5.41) is 8.98. The van der Waals surface area contributed by atoms with Gasteiger partial charge < -0.3 is 0 Å². The first-order valence-electron chi connectivity index (χ1n) is 8.17. The van der Waals surface area contributed by atoms with Crippen LogP contribution in [0.5, 0.6) is 0 Å². The Hall–Kier alpha value is -2.55. The van der Waals surface area contributed by atoms with Crippen molar-refractivity contribution >= 4 is 0 Å². The Bertz CT molecular complexity index is 723. The first kappa shape index (κ1) is 15.3. The van der Waals surface area contributed by atoms with E-state index in [9.17, 15) is 0 Å². The third-order valence-corrected chi connectivity index (χ3v) is 4.24. The summed E-state index contributed by atoms with van der Waals surface area (Å²) < 4.78 is 0. The second kappa shape index (κ2) is 7.63. The van der Waals surface area contributed by atoms with Crippen molar-refractivity contribution < 1.29 is 0 Å².